The number of nitrogens with one attached hydrogen (secondary N) is 1. The number of benzene rings is 2. The molecule has 0 amide bonds. The van der Waals surface area contributed by atoms with Gasteiger partial charge in [0.15, 0.2) is 0 Å². The molecule has 0 aromatic heterocycles. The number of nitrogens with zero attached hydrogens (tertiary/aromatic N) is 1. The van der Waals surface area contributed by atoms with E-state index in [-0.39, 0.29) is 0 Å². The van der Waals surface area contributed by atoms with Gasteiger partial charge in [0, 0.05) is 19.6 Å². The number of fused-ring (bicyclic) bond motifs is 1. The van der Waals surface area contributed by atoms with Crippen molar-refractivity contribution in [3.8, 4) is 0 Å². The Morgan fingerprint density at radius 1 is 0.952 bits per heavy atom. The summed E-state index contributed by atoms with van der Waals surface area (Å²) in [6, 6.07) is 17.7. The van der Waals surface area contributed by atoms with E-state index in [2.05, 4.69) is 65.7 Å². The predicted octanol–water partition coefficient (Wildman–Crippen LogP) is 3.35. The molecule has 2 nitrogen and oxygen atoms in total. The molecule has 110 valence electrons. The Hall–Kier alpha value is -1.64. The molecule has 2 aromatic carbocycles. The summed E-state index contributed by atoms with van der Waals surface area (Å²) in [7, 11) is 0. The molecular formula is C19H24N2. The van der Waals surface area contributed by atoms with E-state index >= 15 is 0 Å². The highest BCUT2D eigenvalue weighted by atomic mass is 15.1. The molecule has 2 aromatic rings. The van der Waals surface area contributed by atoms with Crippen molar-refractivity contribution >= 4 is 0 Å². The summed E-state index contributed by atoms with van der Waals surface area (Å²) in [6.45, 7) is 7.49. The van der Waals surface area contributed by atoms with Crippen molar-refractivity contribution in [3.05, 3.63) is 70.8 Å². The van der Waals surface area contributed by atoms with Gasteiger partial charge in [-0.1, -0.05) is 55.5 Å². The van der Waals surface area contributed by atoms with Crippen molar-refractivity contribution < 1.29 is 0 Å². The fraction of sp³-hybridized carbons (Fsp3) is 0.368. The topological polar surface area (TPSA) is 15.3 Å². The molecule has 0 saturated heterocycles. The first-order valence-corrected chi connectivity index (χ1v) is 7.93. The van der Waals surface area contributed by atoms with E-state index < -0.39 is 0 Å². The van der Waals surface area contributed by atoms with Crippen molar-refractivity contribution in [1.29, 1.82) is 0 Å². The van der Waals surface area contributed by atoms with Crippen molar-refractivity contribution in [2.24, 2.45) is 0 Å². The average Bonchev–Trinajstić information content (AvgIpc) is 2.55. The molecule has 1 N–H and O–H groups in total. The smallest absolute Gasteiger partial charge is 0.0237 e. The Morgan fingerprint density at radius 2 is 1.76 bits per heavy atom. The zero-order valence-electron chi connectivity index (χ0n) is 12.8. The maximum absolute atomic E-state index is 3.46. The quantitative estimate of drug-likeness (QED) is 0.903. The first-order valence-electron chi connectivity index (χ1n) is 7.93. The Bertz CT molecular complexity index is 577. The van der Waals surface area contributed by atoms with Gasteiger partial charge in [-0.3, -0.25) is 4.90 Å². The molecule has 0 unspecified atom stereocenters. The van der Waals surface area contributed by atoms with Crippen molar-refractivity contribution in [1.82, 2.24) is 10.2 Å². The first-order chi connectivity index (χ1) is 10.3. The molecule has 1 aliphatic rings. The van der Waals surface area contributed by atoms with E-state index in [9.17, 15) is 0 Å². The standard InChI is InChI=1S/C19H24N2/c1-2-21(14-16-6-4-3-5-7-16)15-17-8-9-18-10-11-20-13-19(18)12-17/h3-9,12,20H,2,10-11,13-15H2,1H3. The zero-order valence-corrected chi connectivity index (χ0v) is 12.8. The summed E-state index contributed by atoms with van der Waals surface area (Å²) in [5.41, 5.74) is 5.81. The maximum atomic E-state index is 3.46. The molecule has 0 aliphatic carbocycles. The third kappa shape index (κ3) is 3.72. The van der Waals surface area contributed by atoms with Gasteiger partial charge in [-0.25, -0.2) is 0 Å². The van der Waals surface area contributed by atoms with E-state index in [0.717, 1.165) is 39.1 Å². The molecule has 0 radical (unpaired) electrons. The molecule has 1 aliphatic heterocycles. The van der Waals surface area contributed by atoms with Gasteiger partial charge in [0.05, 0.1) is 0 Å². The van der Waals surface area contributed by atoms with Crippen LogP contribution in [0.5, 0.6) is 0 Å². The predicted molar refractivity (Wildman–Crippen MR) is 88.1 cm³/mol. The van der Waals surface area contributed by atoms with Crippen LogP contribution in [0.2, 0.25) is 0 Å². The van der Waals surface area contributed by atoms with E-state index in [4.69, 9.17) is 0 Å². The molecule has 1 heterocycles. The number of hydrogen-bond donors (Lipinski definition) is 1. The highest BCUT2D eigenvalue weighted by Gasteiger charge is 2.10. The van der Waals surface area contributed by atoms with Crippen molar-refractivity contribution in [2.45, 2.75) is 33.0 Å². The van der Waals surface area contributed by atoms with Gasteiger partial charge >= 0.3 is 0 Å². The number of hydrogen-bond acceptors (Lipinski definition) is 2. The molecule has 3 rings (SSSR count). The average molecular weight is 280 g/mol. The van der Waals surface area contributed by atoms with Crippen LogP contribution in [0.1, 0.15) is 29.2 Å². The van der Waals surface area contributed by atoms with E-state index in [1.54, 1.807) is 0 Å². The van der Waals surface area contributed by atoms with Crippen molar-refractivity contribution in [2.75, 3.05) is 13.1 Å². The SMILES string of the molecule is CCN(Cc1ccccc1)Cc1ccc2c(c1)CNCC2. The lowest BCUT2D eigenvalue weighted by molar-refractivity contribution is 0.271. The molecule has 2 heteroatoms. The summed E-state index contributed by atoms with van der Waals surface area (Å²) in [4.78, 5) is 2.49. The third-order valence-electron chi connectivity index (χ3n) is 4.26. The van der Waals surface area contributed by atoms with Gasteiger partial charge in [0.1, 0.15) is 0 Å². The van der Waals surface area contributed by atoms with Gasteiger partial charge in [-0.15, -0.1) is 0 Å². The lowest BCUT2D eigenvalue weighted by Gasteiger charge is -2.23. The minimum atomic E-state index is 1.02. The van der Waals surface area contributed by atoms with Crippen LogP contribution in [0.15, 0.2) is 48.5 Å². The summed E-state index contributed by atoms with van der Waals surface area (Å²) in [5.74, 6) is 0. The summed E-state index contributed by atoms with van der Waals surface area (Å²) < 4.78 is 0. The normalized spacial score (nSPS) is 14.2. The monoisotopic (exact) mass is 280 g/mol. The highest BCUT2D eigenvalue weighted by molar-refractivity contribution is 5.33. The lowest BCUT2D eigenvalue weighted by atomic mass is 9.98. The number of rotatable bonds is 5. The Balaban J connectivity index is 1.69. The van der Waals surface area contributed by atoms with Crippen LogP contribution in [-0.2, 0) is 26.1 Å². The zero-order chi connectivity index (χ0) is 14.5. The summed E-state index contributed by atoms with van der Waals surface area (Å²) in [5, 5.41) is 3.46. The van der Waals surface area contributed by atoms with Crippen LogP contribution in [0.4, 0.5) is 0 Å². The molecule has 0 saturated carbocycles. The fourth-order valence-corrected chi connectivity index (χ4v) is 3.01. The van der Waals surface area contributed by atoms with Gasteiger partial charge in [0.2, 0.25) is 0 Å². The van der Waals surface area contributed by atoms with Crippen LogP contribution < -0.4 is 5.32 Å². The lowest BCUT2D eigenvalue weighted by Crippen LogP contribution is -2.25. The van der Waals surface area contributed by atoms with Gasteiger partial charge in [0.25, 0.3) is 0 Å². The molecule has 21 heavy (non-hydrogen) atoms. The molecule has 0 spiro atoms. The van der Waals surface area contributed by atoms with Crippen LogP contribution in [-0.4, -0.2) is 18.0 Å². The van der Waals surface area contributed by atoms with Gasteiger partial charge in [-0.05, 0) is 41.8 Å². The third-order valence-corrected chi connectivity index (χ3v) is 4.26. The Morgan fingerprint density at radius 3 is 2.57 bits per heavy atom. The van der Waals surface area contributed by atoms with E-state index in [1.807, 2.05) is 0 Å². The second-order valence-corrected chi connectivity index (χ2v) is 5.82. The van der Waals surface area contributed by atoms with Crippen LogP contribution >= 0.6 is 0 Å². The first kappa shape index (κ1) is 14.3. The summed E-state index contributed by atoms with van der Waals surface area (Å²) >= 11 is 0. The summed E-state index contributed by atoms with van der Waals surface area (Å²) in [6.07, 6.45) is 1.16. The molecular weight excluding hydrogens is 256 g/mol. The van der Waals surface area contributed by atoms with Crippen LogP contribution in [0, 0.1) is 0 Å². The molecule has 0 fully saturated rings. The second-order valence-electron chi connectivity index (χ2n) is 5.82. The van der Waals surface area contributed by atoms with Crippen molar-refractivity contribution in [3.63, 3.8) is 0 Å². The Labute approximate surface area is 127 Å². The molecule has 0 bridgehead atoms. The minimum absolute atomic E-state index is 1.02. The highest BCUT2D eigenvalue weighted by Crippen LogP contribution is 2.18. The van der Waals surface area contributed by atoms with Gasteiger partial charge in [-0.2, -0.15) is 0 Å². The van der Waals surface area contributed by atoms with Crippen LogP contribution in [0.25, 0.3) is 0 Å². The fourth-order valence-electron chi connectivity index (χ4n) is 3.01. The Kier molecular flexibility index (Phi) is 4.69. The van der Waals surface area contributed by atoms with Crippen LogP contribution in [0.3, 0.4) is 0 Å². The maximum Gasteiger partial charge on any atom is 0.0237 e. The van der Waals surface area contributed by atoms with Gasteiger partial charge < -0.3 is 5.32 Å². The van der Waals surface area contributed by atoms with E-state index in [1.165, 1.54) is 22.3 Å². The van der Waals surface area contributed by atoms with E-state index in [0.29, 0.717) is 0 Å². The molecule has 0 atom stereocenters. The second kappa shape index (κ2) is 6.88. The minimum Gasteiger partial charge on any atom is -0.312 e. The largest absolute Gasteiger partial charge is 0.312 e.